The van der Waals surface area contributed by atoms with Gasteiger partial charge in [0.15, 0.2) is 11.7 Å². The molecule has 0 aliphatic carbocycles. The second-order valence-corrected chi connectivity index (χ2v) is 2.12. The van der Waals surface area contributed by atoms with Crippen molar-refractivity contribution in [3.05, 3.63) is 36.0 Å². The van der Waals surface area contributed by atoms with Crippen LogP contribution in [-0.2, 0) is 0 Å². The number of hydrogen-bond acceptors (Lipinski definition) is 0. The van der Waals surface area contributed by atoms with E-state index in [1.807, 2.05) is 0 Å². The molecule has 0 aliphatic rings. The first kappa shape index (κ1) is 9.08. The standard InChI is InChI=1S/C8H10F2/c1-4-7(9)8(10)5-6(2)3/h4-5H,1H2,2-3H3/b8-7-. The van der Waals surface area contributed by atoms with Crippen LogP contribution in [0.2, 0.25) is 0 Å². The van der Waals surface area contributed by atoms with Crippen molar-refractivity contribution in [2.75, 3.05) is 0 Å². The van der Waals surface area contributed by atoms with Gasteiger partial charge in [-0.15, -0.1) is 0 Å². The van der Waals surface area contributed by atoms with Crippen LogP contribution in [0, 0.1) is 0 Å². The number of halogens is 2. The summed E-state index contributed by atoms with van der Waals surface area (Å²) in [5.74, 6) is -1.78. The van der Waals surface area contributed by atoms with E-state index in [0.717, 1.165) is 17.7 Å². The minimum Gasteiger partial charge on any atom is -0.204 e. The molecule has 0 atom stereocenters. The molecule has 0 saturated heterocycles. The molecule has 0 rings (SSSR count). The summed E-state index contributed by atoms with van der Waals surface area (Å²) in [4.78, 5) is 0. The van der Waals surface area contributed by atoms with E-state index < -0.39 is 11.7 Å². The van der Waals surface area contributed by atoms with E-state index in [1.165, 1.54) is 0 Å². The Kier molecular flexibility index (Phi) is 3.62. The highest BCUT2D eigenvalue weighted by molar-refractivity contribution is 5.23. The molecule has 0 amide bonds. The molecule has 0 unspecified atom stereocenters. The van der Waals surface area contributed by atoms with Gasteiger partial charge in [-0.1, -0.05) is 12.2 Å². The lowest BCUT2D eigenvalue weighted by atomic mass is 10.3. The minimum absolute atomic E-state index is 0.717. The molecule has 0 radical (unpaired) electrons. The van der Waals surface area contributed by atoms with Crippen molar-refractivity contribution in [3.8, 4) is 0 Å². The van der Waals surface area contributed by atoms with Crippen LogP contribution in [0.5, 0.6) is 0 Å². The summed E-state index contributed by atoms with van der Waals surface area (Å²) in [7, 11) is 0. The maximum atomic E-state index is 12.4. The average molecular weight is 144 g/mol. The van der Waals surface area contributed by atoms with Crippen LogP contribution in [0.1, 0.15) is 13.8 Å². The van der Waals surface area contributed by atoms with Gasteiger partial charge < -0.3 is 0 Å². The van der Waals surface area contributed by atoms with Gasteiger partial charge in [-0.25, -0.2) is 8.78 Å². The van der Waals surface area contributed by atoms with E-state index in [0.29, 0.717) is 0 Å². The highest BCUT2D eigenvalue weighted by atomic mass is 19.2. The quantitative estimate of drug-likeness (QED) is 0.521. The van der Waals surface area contributed by atoms with Gasteiger partial charge in [-0.05, 0) is 26.0 Å². The monoisotopic (exact) mass is 144 g/mol. The number of hydrogen-bond donors (Lipinski definition) is 0. The van der Waals surface area contributed by atoms with Gasteiger partial charge >= 0.3 is 0 Å². The van der Waals surface area contributed by atoms with Crippen molar-refractivity contribution < 1.29 is 8.78 Å². The molecule has 0 spiro atoms. The van der Waals surface area contributed by atoms with Crippen LogP contribution < -0.4 is 0 Å². The first-order valence-corrected chi connectivity index (χ1v) is 2.90. The molecule has 0 saturated carbocycles. The predicted molar refractivity (Wildman–Crippen MR) is 38.9 cm³/mol. The fourth-order valence-electron chi connectivity index (χ4n) is 0.420. The van der Waals surface area contributed by atoms with Crippen LogP contribution in [0.4, 0.5) is 8.78 Å². The van der Waals surface area contributed by atoms with E-state index >= 15 is 0 Å². The smallest absolute Gasteiger partial charge is 0.158 e. The molecule has 0 aliphatic heterocycles. The third-order valence-electron chi connectivity index (χ3n) is 0.823. The van der Waals surface area contributed by atoms with Crippen molar-refractivity contribution in [1.29, 1.82) is 0 Å². The lowest BCUT2D eigenvalue weighted by molar-refractivity contribution is 0.572. The van der Waals surface area contributed by atoms with Crippen LogP contribution in [0.25, 0.3) is 0 Å². The number of rotatable bonds is 2. The molecule has 0 bridgehead atoms. The van der Waals surface area contributed by atoms with E-state index in [4.69, 9.17) is 0 Å². The van der Waals surface area contributed by atoms with E-state index in [2.05, 4.69) is 6.58 Å². The second-order valence-electron chi connectivity index (χ2n) is 2.12. The summed E-state index contributed by atoms with van der Waals surface area (Å²) >= 11 is 0. The van der Waals surface area contributed by atoms with Gasteiger partial charge in [0.2, 0.25) is 0 Å². The zero-order valence-electron chi connectivity index (χ0n) is 6.12. The molecule has 2 heteroatoms. The lowest BCUT2D eigenvalue weighted by Gasteiger charge is -1.89. The number of allylic oxidation sites excluding steroid dienone is 5. The Labute approximate surface area is 59.6 Å². The fourth-order valence-corrected chi connectivity index (χ4v) is 0.420. The first-order valence-electron chi connectivity index (χ1n) is 2.90. The van der Waals surface area contributed by atoms with Crippen molar-refractivity contribution in [2.45, 2.75) is 13.8 Å². The third-order valence-corrected chi connectivity index (χ3v) is 0.823. The summed E-state index contributed by atoms with van der Waals surface area (Å²) in [6, 6.07) is 0. The molecule has 0 aromatic carbocycles. The van der Waals surface area contributed by atoms with E-state index in [9.17, 15) is 8.78 Å². The maximum Gasteiger partial charge on any atom is 0.158 e. The SMILES string of the molecule is C=C/C(F)=C(/F)C=C(C)C. The summed E-state index contributed by atoms with van der Waals surface area (Å²) in [6.45, 7) is 6.47. The summed E-state index contributed by atoms with van der Waals surface area (Å²) in [6.07, 6.45) is 1.96. The topological polar surface area (TPSA) is 0 Å². The fraction of sp³-hybridized carbons (Fsp3) is 0.250. The Bertz CT molecular complexity index is 183. The van der Waals surface area contributed by atoms with Crippen molar-refractivity contribution in [2.24, 2.45) is 0 Å². The van der Waals surface area contributed by atoms with Gasteiger partial charge in [0, 0.05) is 0 Å². The van der Waals surface area contributed by atoms with Crippen molar-refractivity contribution in [1.82, 2.24) is 0 Å². The van der Waals surface area contributed by atoms with Crippen molar-refractivity contribution in [3.63, 3.8) is 0 Å². The Hall–Kier alpha value is -0.920. The van der Waals surface area contributed by atoms with Crippen LogP contribution in [0.15, 0.2) is 36.0 Å². The molecule has 10 heavy (non-hydrogen) atoms. The molecule has 0 nitrogen and oxygen atoms in total. The Balaban J connectivity index is 4.48. The van der Waals surface area contributed by atoms with Gasteiger partial charge in [0.25, 0.3) is 0 Å². The van der Waals surface area contributed by atoms with Gasteiger partial charge in [0.1, 0.15) is 0 Å². The van der Waals surface area contributed by atoms with Crippen molar-refractivity contribution >= 4 is 0 Å². The molecule has 0 aromatic heterocycles. The molecule has 0 N–H and O–H groups in total. The molecule has 56 valence electrons. The second kappa shape index (κ2) is 3.99. The average Bonchev–Trinajstić information content (AvgIpc) is 1.85. The third kappa shape index (κ3) is 3.17. The van der Waals surface area contributed by atoms with E-state index in [1.54, 1.807) is 13.8 Å². The highest BCUT2D eigenvalue weighted by Crippen LogP contribution is 2.11. The van der Waals surface area contributed by atoms with Crippen LogP contribution in [-0.4, -0.2) is 0 Å². The van der Waals surface area contributed by atoms with Gasteiger partial charge in [-0.2, -0.15) is 0 Å². The largest absolute Gasteiger partial charge is 0.204 e. The molecular weight excluding hydrogens is 134 g/mol. The lowest BCUT2D eigenvalue weighted by Crippen LogP contribution is -1.73. The minimum atomic E-state index is -0.916. The molecule has 0 aromatic rings. The Morgan fingerprint density at radius 1 is 1.20 bits per heavy atom. The first-order chi connectivity index (χ1) is 4.57. The Morgan fingerprint density at radius 3 is 2.00 bits per heavy atom. The summed E-state index contributed by atoms with van der Waals surface area (Å²) in [5, 5.41) is 0. The van der Waals surface area contributed by atoms with Gasteiger partial charge in [0.05, 0.1) is 0 Å². The van der Waals surface area contributed by atoms with Crippen LogP contribution in [0.3, 0.4) is 0 Å². The summed E-state index contributed by atoms with van der Waals surface area (Å²) in [5.41, 5.74) is 0.717. The van der Waals surface area contributed by atoms with E-state index in [-0.39, 0.29) is 0 Å². The molecule has 0 fully saturated rings. The Morgan fingerprint density at radius 2 is 1.70 bits per heavy atom. The molecule has 0 heterocycles. The summed E-state index contributed by atoms with van der Waals surface area (Å²) < 4.78 is 24.6. The highest BCUT2D eigenvalue weighted by Gasteiger charge is 1.96. The van der Waals surface area contributed by atoms with Gasteiger partial charge in [-0.3, -0.25) is 0 Å². The zero-order chi connectivity index (χ0) is 8.15. The predicted octanol–water partition coefficient (Wildman–Crippen LogP) is 3.29. The van der Waals surface area contributed by atoms with Crippen LogP contribution >= 0.6 is 0 Å². The normalized spacial score (nSPS) is 12.0. The molecular formula is C8H10F2. The maximum absolute atomic E-state index is 12.4. The zero-order valence-corrected chi connectivity index (χ0v) is 6.12.